The van der Waals surface area contributed by atoms with Crippen molar-refractivity contribution in [2.45, 2.75) is 39.3 Å². The van der Waals surface area contributed by atoms with E-state index in [1.54, 1.807) is 6.26 Å². The highest BCUT2D eigenvalue weighted by atomic mass is 16.5. The first kappa shape index (κ1) is 19.2. The quantitative estimate of drug-likeness (QED) is 0.633. The van der Waals surface area contributed by atoms with E-state index in [0.29, 0.717) is 6.04 Å². The lowest BCUT2D eigenvalue weighted by Gasteiger charge is -2.38. The number of hydrogen-bond donors (Lipinski definition) is 1. The predicted molar refractivity (Wildman–Crippen MR) is 104 cm³/mol. The van der Waals surface area contributed by atoms with Crippen molar-refractivity contribution in [1.29, 1.82) is 0 Å². The molecular weight excluding hydrogens is 328 g/mol. The number of aliphatic imine (C=N–C) groups is 1. The minimum atomic E-state index is 0.549. The molecule has 0 aromatic carbocycles. The van der Waals surface area contributed by atoms with Gasteiger partial charge in [0.05, 0.1) is 5.69 Å². The first-order chi connectivity index (χ1) is 12.7. The second kappa shape index (κ2) is 9.37. The van der Waals surface area contributed by atoms with Crippen molar-refractivity contribution in [3.05, 3.63) is 18.0 Å². The van der Waals surface area contributed by atoms with E-state index in [1.165, 1.54) is 25.9 Å². The molecule has 2 aliphatic rings. The molecule has 1 N–H and O–H groups in total. The zero-order valence-corrected chi connectivity index (χ0v) is 16.5. The Labute approximate surface area is 157 Å². The van der Waals surface area contributed by atoms with Gasteiger partial charge in [0, 0.05) is 58.4 Å². The van der Waals surface area contributed by atoms with Gasteiger partial charge in [0.25, 0.3) is 0 Å². The maximum Gasteiger partial charge on any atom is 0.193 e. The first-order valence-corrected chi connectivity index (χ1v) is 9.97. The summed E-state index contributed by atoms with van der Waals surface area (Å²) in [5.74, 6) is 1.91. The van der Waals surface area contributed by atoms with Gasteiger partial charge in [-0.15, -0.1) is 0 Å². The number of hydrogen-bond acceptors (Lipinski definition) is 5. The van der Waals surface area contributed by atoms with Gasteiger partial charge >= 0.3 is 0 Å². The van der Waals surface area contributed by atoms with E-state index in [9.17, 15) is 0 Å². The summed E-state index contributed by atoms with van der Waals surface area (Å²) in [5, 5.41) is 7.60. The Balaban J connectivity index is 1.40. The minimum Gasteiger partial charge on any atom is -0.364 e. The first-order valence-electron chi connectivity index (χ1n) is 9.97. The van der Waals surface area contributed by atoms with Gasteiger partial charge in [-0.2, -0.15) is 0 Å². The lowest BCUT2D eigenvalue weighted by molar-refractivity contribution is 0.144. The monoisotopic (exact) mass is 362 g/mol. The van der Waals surface area contributed by atoms with Gasteiger partial charge in [0.15, 0.2) is 5.96 Å². The van der Waals surface area contributed by atoms with Crippen molar-refractivity contribution in [3.63, 3.8) is 0 Å². The van der Waals surface area contributed by atoms with Gasteiger partial charge in [-0.25, -0.2) is 0 Å². The van der Waals surface area contributed by atoms with E-state index in [1.807, 2.05) is 13.1 Å². The van der Waals surface area contributed by atoms with Gasteiger partial charge in [-0.3, -0.25) is 14.8 Å². The molecule has 2 fully saturated rings. The molecule has 7 nitrogen and oxygen atoms in total. The number of nitrogens with zero attached hydrogens (tertiary/aromatic N) is 5. The molecule has 3 rings (SSSR count). The summed E-state index contributed by atoms with van der Waals surface area (Å²) in [6.07, 6.45) is 4.29. The molecule has 1 unspecified atom stereocenters. The standard InChI is InChI=1S/C19H34N6O/c1-16-4-7-24(8-5-16)17(2)14-21-19(20-3)25-11-9-23(10-12-25)15-18-6-13-26-22-18/h6,13,16-17H,4-5,7-12,14-15H2,1-3H3,(H,20,21). The second-order valence-corrected chi connectivity index (χ2v) is 7.75. The molecule has 2 aliphatic heterocycles. The number of piperidine rings is 1. The summed E-state index contributed by atoms with van der Waals surface area (Å²) in [5.41, 5.74) is 1.01. The minimum absolute atomic E-state index is 0.549. The maximum atomic E-state index is 4.92. The van der Waals surface area contributed by atoms with Crippen molar-refractivity contribution >= 4 is 5.96 Å². The molecule has 0 radical (unpaired) electrons. The van der Waals surface area contributed by atoms with Crippen LogP contribution >= 0.6 is 0 Å². The van der Waals surface area contributed by atoms with Crippen molar-refractivity contribution in [3.8, 4) is 0 Å². The molecular formula is C19H34N6O. The lowest BCUT2D eigenvalue weighted by Crippen LogP contribution is -2.54. The normalized spacial score (nSPS) is 22.6. The molecule has 1 aromatic heterocycles. The van der Waals surface area contributed by atoms with E-state index < -0.39 is 0 Å². The Hall–Kier alpha value is -1.60. The summed E-state index contributed by atoms with van der Waals surface area (Å²) < 4.78 is 4.92. The topological polar surface area (TPSA) is 60.1 Å². The fourth-order valence-electron chi connectivity index (χ4n) is 3.84. The number of aromatic nitrogens is 1. The molecule has 1 aromatic rings. The van der Waals surface area contributed by atoms with Crippen LogP contribution < -0.4 is 5.32 Å². The third kappa shape index (κ3) is 5.20. The molecule has 0 bridgehead atoms. The van der Waals surface area contributed by atoms with Crippen LogP contribution in [0.1, 0.15) is 32.4 Å². The average Bonchev–Trinajstić information content (AvgIpc) is 3.17. The number of piperazine rings is 1. The largest absolute Gasteiger partial charge is 0.364 e. The third-order valence-electron chi connectivity index (χ3n) is 5.76. The Bertz CT molecular complexity index is 544. The number of rotatable bonds is 5. The Morgan fingerprint density at radius 3 is 2.62 bits per heavy atom. The van der Waals surface area contributed by atoms with E-state index in [4.69, 9.17) is 4.52 Å². The van der Waals surface area contributed by atoms with Crippen molar-refractivity contribution in [2.24, 2.45) is 10.9 Å². The highest BCUT2D eigenvalue weighted by molar-refractivity contribution is 5.80. The third-order valence-corrected chi connectivity index (χ3v) is 5.76. The molecule has 3 heterocycles. The van der Waals surface area contributed by atoms with E-state index in [0.717, 1.165) is 56.8 Å². The van der Waals surface area contributed by atoms with Gasteiger partial charge in [-0.1, -0.05) is 12.1 Å². The van der Waals surface area contributed by atoms with Crippen LogP contribution in [0.4, 0.5) is 0 Å². The zero-order chi connectivity index (χ0) is 18.4. The smallest absolute Gasteiger partial charge is 0.193 e. The highest BCUT2D eigenvalue weighted by Crippen LogP contribution is 2.17. The molecule has 2 saturated heterocycles. The summed E-state index contributed by atoms with van der Waals surface area (Å²) in [7, 11) is 1.89. The summed E-state index contributed by atoms with van der Waals surface area (Å²) >= 11 is 0. The van der Waals surface area contributed by atoms with Crippen LogP contribution in [0.2, 0.25) is 0 Å². The van der Waals surface area contributed by atoms with Crippen molar-refractivity contribution < 1.29 is 4.52 Å². The van der Waals surface area contributed by atoms with Crippen LogP contribution in [0.3, 0.4) is 0 Å². The van der Waals surface area contributed by atoms with E-state index in [2.05, 4.69) is 44.0 Å². The fraction of sp³-hybridized carbons (Fsp3) is 0.789. The van der Waals surface area contributed by atoms with Crippen LogP contribution in [0.15, 0.2) is 21.8 Å². The molecule has 1 atom stereocenters. The Morgan fingerprint density at radius 1 is 1.27 bits per heavy atom. The Morgan fingerprint density at radius 2 is 2.00 bits per heavy atom. The summed E-state index contributed by atoms with van der Waals surface area (Å²) in [6, 6.07) is 2.49. The number of likely N-dealkylation sites (tertiary alicyclic amines) is 1. The SMILES string of the molecule is CN=C(NCC(C)N1CCC(C)CC1)N1CCN(Cc2ccon2)CC1. The van der Waals surface area contributed by atoms with Gasteiger partial charge < -0.3 is 14.7 Å². The average molecular weight is 363 g/mol. The van der Waals surface area contributed by atoms with Gasteiger partial charge in [0.1, 0.15) is 6.26 Å². The Kier molecular flexibility index (Phi) is 6.91. The predicted octanol–water partition coefficient (Wildman–Crippen LogP) is 1.49. The molecule has 26 heavy (non-hydrogen) atoms. The van der Waals surface area contributed by atoms with Crippen LogP contribution in [0.5, 0.6) is 0 Å². The van der Waals surface area contributed by atoms with Crippen LogP contribution in [0.25, 0.3) is 0 Å². The summed E-state index contributed by atoms with van der Waals surface area (Å²) in [6.45, 7) is 13.0. The molecule has 7 heteroatoms. The molecule has 0 amide bonds. The molecule has 0 spiro atoms. The van der Waals surface area contributed by atoms with Crippen LogP contribution in [-0.4, -0.2) is 84.7 Å². The zero-order valence-electron chi connectivity index (χ0n) is 16.5. The molecule has 146 valence electrons. The second-order valence-electron chi connectivity index (χ2n) is 7.75. The maximum absolute atomic E-state index is 4.92. The molecule has 0 aliphatic carbocycles. The van der Waals surface area contributed by atoms with Gasteiger partial charge in [0.2, 0.25) is 0 Å². The van der Waals surface area contributed by atoms with Gasteiger partial charge in [-0.05, 0) is 38.8 Å². The van der Waals surface area contributed by atoms with E-state index >= 15 is 0 Å². The van der Waals surface area contributed by atoms with E-state index in [-0.39, 0.29) is 0 Å². The highest BCUT2D eigenvalue weighted by Gasteiger charge is 2.23. The number of guanidine groups is 1. The molecule has 0 saturated carbocycles. The lowest BCUT2D eigenvalue weighted by atomic mass is 9.98. The van der Waals surface area contributed by atoms with Crippen molar-refractivity contribution in [2.75, 3.05) is 52.9 Å². The summed E-state index contributed by atoms with van der Waals surface area (Å²) in [4.78, 5) is 11.9. The number of nitrogens with one attached hydrogen (secondary N) is 1. The van der Waals surface area contributed by atoms with Crippen LogP contribution in [-0.2, 0) is 6.54 Å². The van der Waals surface area contributed by atoms with Crippen LogP contribution in [0, 0.1) is 5.92 Å². The van der Waals surface area contributed by atoms with Crippen molar-refractivity contribution in [1.82, 2.24) is 25.2 Å². The fourth-order valence-corrected chi connectivity index (χ4v) is 3.84.